The fourth-order valence-electron chi connectivity index (χ4n) is 2.31. The van der Waals surface area contributed by atoms with Gasteiger partial charge in [-0.1, -0.05) is 12.8 Å². The summed E-state index contributed by atoms with van der Waals surface area (Å²) in [5, 5.41) is 0. The van der Waals surface area contributed by atoms with Crippen molar-refractivity contribution in [2.75, 3.05) is 39.3 Å². The number of hydrogen-bond donors (Lipinski definition) is 1. The fourth-order valence-corrected chi connectivity index (χ4v) is 2.31. The third-order valence-corrected chi connectivity index (χ3v) is 3.45. The van der Waals surface area contributed by atoms with Gasteiger partial charge in [-0.25, -0.2) is 4.79 Å². The Morgan fingerprint density at radius 1 is 1.05 bits per heavy atom. The number of carbonyl (C=O) groups excluding carboxylic acids is 1. The summed E-state index contributed by atoms with van der Waals surface area (Å²) in [6.45, 7) is 11.1. The van der Waals surface area contributed by atoms with E-state index in [-0.39, 0.29) is 6.09 Å². The second kappa shape index (κ2) is 8.47. The van der Waals surface area contributed by atoms with Gasteiger partial charge in [-0.15, -0.1) is 0 Å². The van der Waals surface area contributed by atoms with Gasteiger partial charge in [-0.3, -0.25) is 4.90 Å². The summed E-state index contributed by atoms with van der Waals surface area (Å²) in [7, 11) is 0. The Kier molecular flexibility index (Phi) is 7.30. The van der Waals surface area contributed by atoms with Crippen LogP contribution in [0.2, 0.25) is 0 Å². The highest BCUT2D eigenvalue weighted by Gasteiger charge is 2.25. The largest absolute Gasteiger partial charge is 0.444 e. The van der Waals surface area contributed by atoms with Gasteiger partial charge in [-0.05, 0) is 46.7 Å². The lowest BCUT2D eigenvalue weighted by Gasteiger charge is -2.35. The van der Waals surface area contributed by atoms with Crippen molar-refractivity contribution < 1.29 is 9.53 Å². The van der Waals surface area contributed by atoms with Crippen molar-refractivity contribution >= 4 is 6.09 Å². The second-order valence-corrected chi connectivity index (χ2v) is 6.51. The molecule has 2 N–H and O–H groups in total. The van der Waals surface area contributed by atoms with Crippen LogP contribution in [0, 0.1) is 0 Å². The van der Waals surface area contributed by atoms with Gasteiger partial charge in [0.2, 0.25) is 0 Å². The van der Waals surface area contributed by atoms with Crippen LogP contribution < -0.4 is 5.73 Å². The van der Waals surface area contributed by atoms with Crippen LogP contribution in [0.4, 0.5) is 4.79 Å². The molecule has 5 nitrogen and oxygen atoms in total. The molecule has 20 heavy (non-hydrogen) atoms. The number of rotatable bonds is 6. The zero-order valence-corrected chi connectivity index (χ0v) is 13.4. The predicted molar refractivity (Wildman–Crippen MR) is 81.8 cm³/mol. The normalized spacial score (nSPS) is 17.3. The van der Waals surface area contributed by atoms with Crippen molar-refractivity contribution in [3.05, 3.63) is 0 Å². The molecule has 0 saturated carbocycles. The van der Waals surface area contributed by atoms with E-state index in [0.717, 1.165) is 45.7 Å². The van der Waals surface area contributed by atoms with Crippen molar-refractivity contribution in [1.82, 2.24) is 9.80 Å². The lowest BCUT2D eigenvalue weighted by molar-refractivity contribution is 0.0144. The summed E-state index contributed by atoms with van der Waals surface area (Å²) in [4.78, 5) is 16.2. The topological polar surface area (TPSA) is 58.8 Å². The zero-order valence-electron chi connectivity index (χ0n) is 13.4. The molecule has 1 aliphatic heterocycles. The molecule has 0 aromatic carbocycles. The minimum absolute atomic E-state index is 0.180. The van der Waals surface area contributed by atoms with Gasteiger partial charge in [0.05, 0.1) is 0 Å². The van der Waals surface area contributed by atoms with Gasteiger partial charge in [0, 0.05) is 26.2 Å². The molecule has 1 rings (SSSR count). The Balaban J connectivity index is 2.15. The van der Waals surface area contributed by atoms with Gasteiger partial charge in [0.15, 0.2) is 0 Å². The minimum Gasteiger partial charge on any atom is -0.444 e. The Bertz CT molecular complexity index is 281. The second-order valence-electron chi connectivity index (χ2n) is 6.51. The van der Waals surface area contributed by atoms with Gasteiger partial charge in [-0.2, -0.15) is 0 Å². The molecule has 1 fully saturated rings. The molecule has 1 amide bonds. The van der Waals surface area contributed by atoms with E-state index < -0.39 is 5.60 Å². The molecule has 1 aliphatic rings. The first-order chi connectivity index (χ1) is 9.42. The molecular formula is C15H31N3O2. The zero-order chi connectivity index (χ0) is 15.0. The van der Waals surface area contributed by atoms with Crippen molar-refractivity contribution in [3.8, 4) is 0 Å². The maximum Gasteiger partial charge on any atom is 0.410 e. The molecule has 0 aromatic heterocycles. The molecule has 0 radical (unpaired) electrons. The number of carbonyl (C=O) groups is 1. The standard InChI is InChI=1S/C15H31N3O2/c1-15(2,3)20-14(19)18-12-10-17(11-13-18)9-7-5-4-6-8-16/h4-13,16H2,1-3H3. The maximum atomic E-state index is 11.9. The highest BCUT2D eigenvalue weighted by atomic mass is 16.6. The van der Waals surface area contributed by atoms with E-state index in [2.05, 4.69) is 4.90 Å². The number of amides is 1. The predicted octanol–water partition coefficient (Wildman–Crippen LogP) is 2.06. The first kappa shape index (κ1) is 17.2. The lowest BCUT2D eigenvalue weighted by atomic mass is 10.2. The third kappa shape index (κ3) is 7.10. The minimum atomic E-state index is -0.406. The monoisotopic (exact) mass is 285 g/mol. The van der Waals surface area contributed by atoms with Crippen LogP contribution in [-0.2, 0) is 4.74 Å². The SMILES string of the molecule is CC(C)(C)OC(=O)N1CCN(CCCCCCN)CC1. The van der Waals surface area contributed by atoms with Crippen LogP contribution in [-0.4, -0.2) is 60.8 Å². The van der Waals surface area contributed by atoms with E-state index in [0.29, 0.717) is 0 Å². The van der Waals surface area contributed by atoms with Crippen LogP contribution >= 0.6 is 0 Å². The fraction of sp³-hybridized carbons (Fsp3) is 0.933. The van der Waals surface area contributed by atoms with E-state index in [4.69, 9.17) is 10.5 Å². The van der Waals surface area contributed by atoms with Crippen LogP contribution in [0.15, 0.2) is 0 Å². The Labute approximate surface area is 123 Å². The van der Waals surface area contributed by atoms with Gasteiger partial charge < -0.3 is 15.4 Å². The molecule has 0 aromatic rings. The van der Waals surface area contributed by atoms with E-state index >= 15 is 0 Å². The first-order valence-corrected chi connectivity index (χ1v) is 7.83. The van der Waals surface area contributed by atoms with Crippen LogP contribution in [0.5, 0.6) is 0 Å². The van der Waals surface area contributed by atoms with Gasteiger partial charge in [0.25, 0.3) is 0 Å². The number of hydrogen-bond acceptors (Lipinski definition) is 4. The molecule has 1 heterocycles. The Morgan fingerprint density at radius 2 is 1.65 bits per heavy atom. The molecular weight excluding hydrogens is 254 g/mol. The van der Waals surface area contributed by atoms with Crippen molar-refractivity contribution in [2.45, 2.75) is 52.1 Å². The molecule has 0 bridgehead atoms. The van der Waals surface area contributed by atoms with Crippen LogP contribution in [0.25, 0.3) is 0 Å². The molecule has 1 saturated heterocycles. The Morgan fingerprint density at radius 3 is 2.20 bits per heavy atom. The summed E-state index contributed by atoms with van der Waals surface area (Å²) < 4.78 is 5.39. The summed E-state index contributed by atoms with van der Waals surface area (Å²) in [6, 6.07) is 0. The number of piperazine rings is 1. The van der Waals surface area contributed by atoms with E-state index in [1.165, 1.54) is 19.3 Å². The van der Waals surface area contributed by atoms with E-state index in [9.17, 15) is 4.79 Å². The van der Waals surface area contributed by atoms with E-state index in [1.807, 2.05) is 25.7 Å². The van der Waals surface area contributed by atoms with Crippen LogP contribution in [0.1, 0.15) is 46.5 Å². The molecule has 0 atom stereocenters. The van der Waals surface area contributed by atoms with Crippen molar-refractivity contribution in [2.24, 2.45) is 5.73 Å². The average molecular weight is 285 g/mol. The average Bonchev–Trinajstić information content (AvgIpc) is 2.37. The maximum absolute atomic E-state index is 11.9. The van der Waals surface area contributed by atoms with Crippen molar-refractivity contribution in [1.29, 1.82) is 0 Å². The quantitative estimate of drug-likeness (QED) is 0.759. The Hall–Kier alpha value is -0.810. The summed E-state index contributed by atoms with van der Waals surface area (Å²) in [6.07, 6.45) is 4.66. The van der Waals surface area contributed by atoms with Gasteiger partial charge >= 0.3 is 6.09 Å². The number of nitrogens with zero attached hydrogens (tertiary/aromatic N) is 2. The molecule has 5 heteroatoms. The molecule has 0 spiro atoms. The number of nitrogens with two attached hydrogens (primary N) is 1. The highest BCUT2D eigenvalue weighted by molar-refractivity contribution is 5.68. The molecule has 0 aliphatic carbocycles. The van der Waals surface area contributed by atoms with Gasteiger partial charge in [0.1, 0.15) is 5.60 Å². The first-order valence-electron chi connectivity index (χ1n) is 7.83. The molecule has 118 valence electrons. The summed E-state index contributed by atoms with van der Waals surface area (Å²) in [5.74, 6) is 0. The highest BCUT2D eigenvalue weighted by Crippen LogP contribution is 2.12. The van der Waals surface area contributed by atoms with Crippen LogP contribution in [0.3, 0.4) is 0 Å². The lowest BCUT2D eigenvalue weighted by Crippen LogP contribution is -2.50. The number of ether oxygens (including phenoxy) is 1. The van der Waals surface area contributed by atoms with E-state index in [1.54, 1.807) is 0 Å². The third-order valence-electron chi connectivity index (χ3n) is 3.45. The molecule has 0 unspecified atom stereocenters. The number of unbranched alkanes of at least 4 members (excludes halogenated alkanes) is 3. The summed E-state index contributed by atoms with van der Waals surface area (Å²) >= 11 is 0. The summed E-state index contributed by atoms with van der Waals surface area (Å²) in [5.41, 5.74) is 5.08. The smallest absolute Gasteiger partial charge is 0.410 e. The van der Waals surface area contributed by atoms with Crippen molar-refractivity contribution in [3.63, 3.8) is 0 Å².